The Labute approximate surface area is 113 Å². The maximum absolute atomic E-state index is 11.8. The highest BCUT2D eigenvalue weighted by molar-refractivity contribution is 5.75. The molecule has 0 aliphatic carbocycles. The zero-order valence-electron chi connectivity index (χ0n) is 10.8. The van der Waals surface area contributed by atoms with Gasteiger partial charge in [0.2, 0.25) is 0 Å². The number of hydrogen-bond donors (Lipinski definition) is 1. The van der Waals surface area contributed by atoms with E-state index in [0.29, 0.717) is 0 Å². The first-order chi connectivity index (χ1) is 9.18. The summed E-state index contributed by atoms with van der Waals surface area (Å²) in [5.41, 5.74) is 7.43. The molecule has 0 aromatic heterocycles. The molecule has 2 N–H and O–H groups in total. The fraction of sp³-hybridized carbons (Fsp3) is 0.188. The van der Waals surface area contributed by atoms with Crippen molar-refractivity contribution in [1.82, 2.24) is 0 Å². The van der Waals surface area contributed by atoms with E-state index in [-0.39, 0.29) is 0 Å². The first-order valence-corrected chi connectivity index (χ1v) is 6.24. The fourth-order valence-electron chi connectivity index (χ4n) is 1.81. The van der Waals surface area contributed by atoms with E-state index in [4.69, 9.17) is 10.5 Å². The smallest absolute Gasteiger partial charge is 0.323 e. The van der Waals surface area contributed by atoms with Crippen LogP contribution in [0.4, 0.5) is 0 Å². The van der Waals surface area contributed by atoms with Crippen LogP contribution < -0.4 is 5.73 Å². The van der Waals surface area contributed by atoms with Crippen LogP contribution in [-0.4, -0.2) is 12.0 Å². The minimum Gasteiger partial charge on any atom is -0.451 e. The Kier molecular flexibility index (Phi) is 4.31. The van der Waals surface area contributed by atoms with E-state index < -0.39 is 18.1 Å². The molecular weight excluding hydrogens is 238 g/mol. The van der Waals surface area contributed by atoms with E-state index in [9.17, 15) is 4.79 Å². The lowest BCUT2D eigenvalue weighted by atomic mass is 10.0. The Hall–Kier alpha value is -2.13. The first kappa shape index (κ1) is 13.3. The van der Waals surface area contributed by atoms with Gasteiger partial charge in [-0.1, -0.05) is 60.7 Å². The van der Waals surface area contributed by atoms with Gasteiger partial charge >= 0.3 is 5.97 Å². The second-order valence-electron chi connectivity index (χ2n) is 4.43. The molecule has 0 bridgehead atoms. The summed E-state index contributed by atoms with van der Waals surface area (Å²) in [6, 6.07) is 18.7. The summed E-state index contributed by atoms with van der Waals surface area (Å²) in [5, 5.41) is 0. The van der Waals surface area contributed by atoms with Crippen LogP contribution in [0.1, 0.15) is 24.2 Å². The molecule has 3 heteroatoms. The zero-order valence-corrected chi connectivity index (χ0v) is 10.8. The number of rotatable bonds is 4. The Morgan fingerprint density at radius 1 is 0.947 bits per heavy atom. The summed E-state index contributed by atoms with van der Waals surface area (Å²) in [6.45, 7) is 1.62. The molecule has 98 valence electrons. The Bertz CT molecular complexity index is 483. The maximum atomic E-state index is 11.8. The van der Waals surface area contributed by atoms with E-state index in [2.05, 4.69) is 0 Å². The average molecular weight is 255 g/mol. The molecule has 2 aromatic rings. The highest BCUT2D eigenvalue weighted by Crippen LogP contribution is 2.26. The van der Waals surface area contributed by atoms with E-state index in [0.717, 1.165) is 11.1 Å². The summed E-state index contributed by atoms with van der Waals surface area (Å²) >= 11 is 0. The third-order valence-electron chi connectivity index (χ3n) is 2.81. The van der Waals surface area contributed by atoms with Gasteiger partial charge in [-0.2, -0.15) is 0 Å². The zero-order chi connectivity index (χ0) is 13.7. The molecule has 0 saturated carbocycles. The highest BCUT2D eigenvalue weighted by atomic mass is 16.5. The van der Waals surface area contributed by atoms with Crippen molar-refractivity contribution >= 4 is 5.97 Å². The van der Waals surface area contributed by atoms with Gasteiger partial charge in [0.1, 0.15) is 6.04 Å². The second-order valence-corrected chi connectivity index (χ2v) is 4.43. The molecule has 2 aromatic carbocycles. The minimum atomic E-state index is -0.630. The number of benzene rings is 2. The van der Waals surface area contributed by atoms with Gasteiger partial charge in [-0.25, -0.2) is 0 Å². The van der Waals surface area contributed by atoms with Crippen molar-refractivity contribution in [3.8, 4) is 0 Å². The number of esters is 1. The SMILES string of the molecule is CC(N)C(=O)OC(c1ccccc1)c1ccccc1. The molecule has 0 saturated heterocycles. The van der Waals surface area contributed by atoms with Gasteiger partial charge in [-0.05, 0) is 18.1 Å². The molecule has 0 aliphatic rings. The minimum absolute atomic E-state index is 0.405. The predicted molar refractivity (Wildman–Crippen MR) is 74.5 cm³/mol. The summed E-state index contributed by atoms with van der Waals surface area (Å²) < 4.78 is 5.52. The molecule has 0 fully saturated rings. The van der Waals surface area contributed by atoms with E-state index >= 15 is 0 Å². The largest absolute Gasteiger partial charge is 0.451 e. The molecule has 0 spiro atoms. The fourth-order valence-corrected chi connectivity index (χ4v) is 1.81. The molecular formula is C16H17NO2. The van der Waals surface area contributed by atoms with Crippen molar-refractivity contribution in [1.29, 1.82) is 0 Å². The van der Waals surface area contributed by atoms with Crippen molar-refractivity contribution in [2.45, 2.75) is 19.1 Å². The van der Waals surface area contributed by atoms with Crippen LogP contribution in [0.25, 0.3) is 0 Å². The van der Waals surface area contributed by atoms with E-state index in [1.807, 2.05) is 60.7 Å². The average Bonchev–Trinajstić information content (AvgIpc) is 2.46. The van der Waals surface area contributed by atoms with Crippen molar-refractivity contribution in [2.75, 3.05) is 0 Å². The normalized spacial score (nSPS) is 12.2. The molecule has 0 heterocycles. The van der Waals surface area contributed by atoms with Gasteiger partial charge in [0.05, 0.1) is 0 Å². The quantitative estimate of drug-likeness (QED) is 0.854. The first-order valence-electron chi connectivity index (χ1n) is 6.24. The molecule has 0 radical (unpaired) electrons. The van der Waals surface area contributed by atoms with Crippen LogP contribution in [0.3, 0.4) is 0 Å². The topological polar surface area (TPSA) is 52.3 Å². The van der Waals surface area contributed by atoms with E-state index in [1.165, 1.54) is 0 Å². The van der Waals surface area contributed by atoms with Crippen LogP contribution in [0.2, 0.25) is 0 Å². The Balaban J connectivity index is 2.32. The molecule has 1 atom stereocenters. The maximum Gasteiger partial charge on any atom is 0.323 e. The summed E-state index contributed by atoms with van der Waals surface area (Å²) in [7, 11) is 0. The molecule has 1 unspecified atom stereocenters. The van der Waals surface area contributed by atoms with Crippen molar-refractivity contribution in [3.05, 3.63) is 71.8 Å². The Morgan fingerprint density at radius 3 is 1.74 bits per heavy atom. The number of hydrogen-bond acceptors (Lipinski definition) is 3. The third-order valence-corrected chi connectivity index (χ3v) is 2.81. The summed E-state index contributed by atoms with van der Waals surface area (Å²) in [4.78, 5) is 11.8. The molecule has 2 rings (SSSR count). The van der Waals surface area contributed by atoms with Crippen molar-refractivity contribution in [2.24, 2.45) is 5.73 Å². The van der Waals surface area contributed by atoms with Crippen molar-refractivity contribution < 1.29 is 9.53 Å². The van der Waals surface area contributed by atoms with Crippen LogP contribution in [-0.2, 0) is 9.53 Å². The van der Waals surface area contributed by atoms with Gasteiger partial charge < -0.3 is 10.5 Å². The van der Waals surface area contributed by atoms with Crippen molar-refractivity contribution in [3.63, 3.8) is 0 Å². The molecule has 3 nitrogen and oxygen atoms in total. The van der Waals surface area contributed by atoms with Gasteiger partial charge in [-0.3, -0.25) is 4.79 Å². The summed E-state index contributed by atoms with van der Waals surface area (Å²) in [6.07, 6.45) is -0.416. The van der Waals surface area contributed by atoms with Gasteiger partial charge in [-0.15, -0.1) is 0 Å². The third kappa shape index (κ3) is 3.42. The molecule has 0 amide bonds. The number of nitrogens with two attached hydrogens (primary N) is 1. The van der Waals surface area contributed by atoms with Gasteiger partial charge in [0.25, 0.3) is 0 Å². The number of ether oxygens (including phenoxy) is 1. The van der Waals surface area contributed by atoms with Crippen LogP contribution in [0.5, 0.6) is 0 Å². The van der Waals surface area contributed by atoms with Crippen LogP contribution >= 0.6 is 0 Å². The van der Waals surface area contributed by atoms with Gasteiger partial charge in [0, 0.05) is 0 Å². The number of carbonyl (C=O) groups is 1. The molecule has 0 aliphatic heterocycles. The standard InChI is InChI=1S/C16H17NO2/c1-12(17)16(18)19-15(13-8-4-2-5-9-13)14-10-6-3-7-11-14/h2-12,15H,17H2,1H3. The van der Waals surface area contributed by atoms with E-state index in [1.54, 1.807) is 6.92 Å². The monoisotopic (exact) mass is 255 g/mol. The molecule has 19 heavy (non-hydrogen) atoms. The predicted octanol–water partition coefficient (Wildman–Crippen LogP) is 2.67. The van der Waals surface area contributed by atoms with Gasteiger partial charge in [0.15, 0.2) is 6.10 Å². The lowest BCUT2D eigenvalue weighted by molar-refractivity contribution is -0.148. The Morgan fingerprint density at radius 2 is 1.37 bits per heavy atom. The lowest BCUT2D eigenvalue weighted by Crippen LogP contribution is -2.30. The summed E-state index contributed by atoms with van der Waals surface area (Å²) in [5.74, 6) is -0.405. The van der Waals surface area contributed by atoms with Crippen LogP contribution in [0, 0.1) is 0 Å². The number of carbonyl (C=O) groups excluding carboxylic acids is 1. The second kappa shape index (κ2) is 6.16. The lowest BCUT2D eigenvalue weighted by Gasteiger charge is -2.20. The van der Waals surface area contributed by atoms with Crippen LogP contribution in [0.15, 0.2) is 60.7 Å². The highest BCUT2D eigenvalue weighted by Gasteiger charge is 2.20.